The van der Waals surface area contributed by atoms with Crippen molar-refractivity contribution in [2.24, 2.45) is 0 Å². The molecule has 0 unspecified atom stereocenters. The van der Waals surface area contributed by atoms with Crippen molar-refractivity contribution in [3.63, 3.8) is 0 Å². The van der Waals surface area contributed by atoms with E-state index in [1.807, 2.05) is 12.1 Å². The van der Waals surface area contributed by atoms with Crippen LogP contribution in [0, 0.1) is 0 Å². The number of rotatable bonds is 6. The minimum Gasteiger partial charge on any atom is -0.348 e. The summed E-state index contributed by atoms with van der Waals surface area (Å²) in [6.07, 6.45) is 1.83. The van der Waals surface area contributed by atoms with E-state index in [9.17, 15) is 4.79 Å². The summed E-state index contributed by atoms with van der Waals surface area (Å²) in [6.45, 7) is 5.70. The first-order chi connectivity index (χ1) is 7.63. The Morgan fingerprint density at radius 1 is 1.56 bits per heavy atom. The van der Waals surface area contributed by atoms with E-state index in [1.54, 1.807) is 30.3 Å². The maximum Gasteiger partial charge on any atom is 0.236 e. The predicted octanol–water partition coefficient (Wildman–Crippen LogP) is 1.82. The van der Waals surface area contributed by atoms with Gasteiger partial charge in [-0.15, -0.1) is 17.9 Å². The Balaban J connectivity index is 2.53. The molecule has 4 heteroatoms. The van der Waals surface area contributed by atoms with E-state index < -0.39 is 0 Å². The van der Waals surface area contributed by atoms with Gasteiger partial charge in [-0.2, -0.15) is 0 Å². The fraction of sp³-hybridized carbons (Fsp3) is 0.417. The lowest BCUT2D eigenvalue weighted by Gasteiger charge is -2.21. The molecule has 3 nitrogen and oxygen atoms in total. The first-order valence-electron chi connectivity index (χ1n) is 5.19. The van der Waals surface area contributed by atoms with Gasteiger partial charge in [0.2, 0.25) is 5.91 Å². The van der Waals surface area contributed by atoms with Gasteiger partial charge in [0.1, 0.15) is 0 Å². The number of thiophene rings is 1. The second-order valence-corrected chi connectivity index (χ2v) is 4.86. The summed E-state index contributed by atoms with van der Waals surface area (Å²) in [5.41, 5.74) is 0. The third-order valence-electron chi connectivity index (χ3n) is 2.20. The normalized spacial score (nSPS) is 10.4. The van der Waals surface area contributed by atoms with Crippen LogP contribution in [0.4, 0.5) is 0 Å². The highest BCUT2D eigenvalue weighted by Gasteiger charge is 2.11. The molecule has 16 heavy (non-hydrogen) atoms. The van der Waals surface area contributed by atoms with Gasteiger partial charge in [-0.3, -0.25) is 9.69 Å². The van der Waals surface area contributed by atoms with E-state index in [0.29, 0.717) is 6.54 Å². The van der Waals surface area contributed by atoms with Gasteiger partial charge in [0, 0.05) is 32.1 Å². The molecule has 0 aliphatic carbocycles. The molecule has 1 aromatic heterocycles. The smallest absolute Gasteiger partial charge is 0.236 e. The Morgan fingerprint density at radius 2 is 2.31 bits per heavy atom. The van der Waals surface area contributed by atoms with Gasteiger partial charge in [0.25, 0.3) is 0 Å². The summed E-state index contributed by atoms with van der Waals surface area (Å²) < 4.78 is 0. The summed E-state index contributed by atoms with van der Waals surface area (Å²) in [6, 6.07) is 4.11. The lowest BCUT2D eigenvalue weighted by atomic mass is 10.3. The minimum atomic E-state index is 0.124. The first-order valence-corrected chi connectivity index (χ1v) is 6.07. The highest BCUT2D eigenvalue weighted by Crippen LogP contribution is 2.11. The summed E-state index contributed by atoms with van der Waals surface area (Å²) in [7, 11) is 3.55. The fourth-order valence-electron chi connectivity index (χ4n) is 1.32. The molecule has 1 heterocycles. The highest BCUT2D eigenvalue weighted by molar-refractivity contribution is 7.09. The second-order valence-electron chi connectivity index (χ2n) is 3.83. The fourth-order valence-corrected chi connectivity index (χ4v) is 2.07. The van der Waals surface area contributed by atoms with Crippen LogP contribution >= 0.6 is 11.3 Å². The largest absolute Gasteiger partial charge is 0.348 e. The molecule has 0 N–H and O–H groups in total. The van der Waals surface area contributed by atoms with Gasteiger partial charge >= 0.3 is 0 Å². The molecule has 0 bridgehead atoms. The zero-order valence-corrected chi connectivity index (χ0v) is 10.7. The SMILES string of the molecule is C=CCN(CC(=O)N(C)C)Cc1cccs1. The number of likely N-dealkylation sites (N-methyl/N-ethyl adjacent to an activating group) is 1. The van der Waals surface area contributed by atoms with E-state index >= 15 is 0 Å². The van der Waals surface area contributed by atoms with Crippen molar-refractivity contribution in [3.8, 4) is 0 Å². The van der Waals surface area contributed by atoms with Crippen LogP contribution in [0.1, 0.15) is 4.88 Å². The Kier molecular flexibility index (Phi) is 5.22. The Bertz CT molecular complexity index is 333. The molecule has 0 aromatic carbocycles. The average molecular weight is 238 g/mol. The van der Waals surface area contributed by atoms with Crippen molar-refractivity contribution >= 4 is 17.2 Å². The standard InChI is InChI=1S/C12H18N2OS/c1-4-7-14(10-12(15)13(2)3)9-11-6-5-8-16-11/h4-6,8H,1,7,9-10H2,2-3H3. The van der Waals surface area contributed by atoms with E-state index in [-0.39, 0.29) is 5.91 Å². The topological polar surface area (TPSA) is 23.6 Å². The average Bonchev–Trinajstić information content (AvgIpc) is 2.70. The number of carbonyl (C=O) groups excluding carboxylic acids is 1. The Morgan fingerprint density at radius 3 is 2.81 bits per heavy atom. The van der Waals surface area contributed by atoms with Crippen LogP contribution in [-0.2, 0) is 11.3 Å². The molecule has 88 valence electrons. The van der Waals surface area contributed by atoms with Gasteiger partial charge < -0.3 is 4.90 Å². The number of hydrogen-bond donors (Lipinski definition) is 0. The van der Waals surface area contributed by atoms with Crippen LogP contribution in [0.5, 0.6) is 0 Å². The molecule has 0 saturated heterocycles. The molecule has 0 fully saturated rings. The summed E-state index contributed by atoms with van der Waals surface area (Å²) >= 11 is 1.71. The second kappa shape index (κ2) is 6.45. The molecule has 0 atom stereocenters. The number of nitrogens with zero attached hydrogens (tertiary/aromatic N) is 2. The molecular weight excluding hydrogens is 220 g/mol. The molecule has 0 aliphatic heterocycles. The number of carbonyl (C=O) groups is 1. The van der Waals surface area contributed by atoms with Crippen molar-refractivity contribution in [1.82, 2.24) is 9.80 Å². The highest BCUT2D eigenvalue weighted by atomic mass is 32.1. The lowest BCUT2D eigenvalue weighted by Crippen LogP contribution is -2.36. The maximum atomic E-state index is 11.6. The van der Waals surface area contributed by atoms with Crippen LogP contribution < -0.4 is 0 Å². The molecule has 1 amide bonds. The summed E-state index contributed by atoms with van der Waals surface area (Å²) in [5.74, 6) is 0.124. The minimum absolute atomic E-state index is 0.124. The van der Waals surface area contributed by atoms with Crippen LogP contribution in [0.2, 0.25) is 0 Å². The van der Waals surface area contributed by atoms with Crippen molar-refractivity contribution < 1.29 is 4.79 Å². The van der Waals surface area contributed by atoms with E-state index in [2.05, 4.69) is 22.9 Å². The zero-order valence-electron chi connectivity index (χ0n) is 9.85. The van der Waals surface area contributed by atoms with Crippen molar-refractivity contribution in [2.75, 3.05) is 27.2 Å². The monoisotopic (exact) mass is 238 g/mol. The third-order valence-corrected chi connectivity index (χ3v) is 3.07. The third kappa shape index (κ3) is 4.16. The van der Waals surface area contributed by atoms with Gasteiger partial charge in [-0.1, -0.05) is 12.1 Å². The van der Waals surface area contributed by atoms with Crippen LogP contribution in [-0.4, -0.2) is 42.9 Å². The Labute approximate surface area is 101 Å². The van der Waals surface area contributed by atoms with Crippen LogP contribution in [0.15, 0.2) is 30.2 Å². The van der Waals surface area contributed by atoms with Crippen LogP contribution in [0.3, 0.4) is 0 Å². The molecule has 0 radical (unpaired) electrons. The van der Waals surface area contributed by atoms with E-state index in [4.69, 9.17) is 0 Å². The van der Waals surface area contributed by atoms with Crippen LogP contribution in [0.25, 0.3) is 0 Å². The molecule has 0 aliphatic rings. The van der Waals surface area contributed by atoms with Gasteiger partial charge in [0.15, 0.2) is 0 Å². The van der Waals surface area contributed by atoms with Gasteiger partial charge in [-0.25, -0.2) is 0 Å². The molecule has 1 aromatic rings. The van der Waals surface area contributed by atoms with Gasteiger partial charge in [-0.05, 0) is 11.4 Å². The number of amides is 1. The first kappa shape index (κ1) is 12.9. The molecule has 1 rings (SSSR count). The number of hydrogen-bond acceptors (Lipinski definition) is 3. The van der Waals surface area contributed by atoms with E-state index in [0.717, 1.165) is 13.1 Å². The predicted molar refractivity (Wildman–Crippen MR) is 68.5 cm³/mol. The van der Waals surface area contributed by atoms with Crippen molar-refractivity contribution in [2.45, 2.75) is 6.54 Å². The van der Waals surface area contributed by atoms with Gasteiger partial charge in [0.05, 0.1) is 6.54 Å². The molecule has 0 saturated carbocycles. The lowest BCUT2D eigenvalue weighted by molar-refractivity contribution is -0.129. The van der Waals surface area contributed by atoms with E-state index in [1.165, 1.54) is 4.88 Å². The quantitative estimate of drug-likeness (QED) is 0.706. The summed E-state index contributed by atoms with van der Waals surface area (Å²) in [5, 5.41) is 2.05. The zero-order chi connectivity index (χ0) is 12.0. The molecular formula is C12H18N2OS. The summed E-state index contributed by atoms with van der Waals surface area (Å²) in [4.78, 5) is 16.6. The van der Waals surface area contributed by atoms with Crippen molar-refractivity contribution in [1.29, 1.82) is 0 Å². The molecule has 0 spiro atoms. The van der Waals surface area contributed by atoms with Crippen molar-refractivity contribution in [3.05, 3.63) is 35.0 Å². The maximum absolute atomic E-state index is 11.6. The Hall–Kier alpha value is -1.13.